The van der Waals surface area contributed by atoms with Gasteiger partial charge in [0.25, 0.3) is 0 Å². The quantitative estimate of drug-likeness (QED) is 0.629. The van der Waals surface area contributed by atoms with Gasteiger partial charge in [0.2, 0.25) is 11.8 Å². The van der Waals surface area contributed by atoms with E-state index >= 15 is 0 Å². The number of hydrogen-bond acceptors (Lipinski definition) is 3. The zero-order valence-corrected chi connectivity index (χ0v) is 9.50. The molecular formula is C10H16N2O2S. The molecule has 84 valence electrons. The van der Waals surface area contributed by atoms with E-state index in [0.717, 1.165) is 25.8 Å². The zero-order chi connectivity index (χ0) is 10.8. The lowest BCUT2D eigenvalue weighted by molar-refractivity contribution is -0.137. The van der Waals surface area contributed by atoms with Crippen molar-refractivity contribution in [3.8, 4) is 0 Å². The maximum absolute atomic E-state index is 11.7. The summed E-state index contributed by atoms with van der Waals surface area (Å²) in [6, 6.07) is -0.253. The van der Waals surface area contributed by atoms with Crippen molar-refractivity contribution >= 4 is 24.4 Å². The lowest BCUT2D eigenvalue weighted by Gasteiger charge is -2.25. The second-order valence-electron chi connectivity index (χ2n) is 4.21. The molecule has 0 radical (unpaired) electrons. The molecule has 0 aromatic heterocycles. The van der Waals surface area contributed by atoms with Crippen LogP contribution in [0, 0.1) is 0 Å². The molecule has 2 rings (SSSR count). The van der Waals surface area contributed by atoms with E-state index in [4.69, 9.17) is 0 Å². The molecule has 0 spiro atoms. The van der Waals surface area contributed by atoms with Crippen molar-refractivity contribution in [2.45, 2.75) is 37.0 Å². The highest BCUT2D eigenvalue weighted by molar-refractivity contribution is 7.81. The van der Waals surface area contributed by atoms with Gasteiger partial charge in [-0.2, -0.15) is 12.6 Å². The fourth-order valence-corrected chi connectivity index (χ4v) is 2.57. The maximum Gasteiger partial charge on any atom is 0.242 e. The van der Waals surface area contributed by atoms with E-state index < -0.39 is 0 Å². The number of likely N-dealkylation sites (tertiary alicyclic amines) is 1. The second-order valence-corrected chi connectivity index (χ2v) is 4.94. The van der Waals surface area contributed by atoms with Crippen molar-refractivity contribution < 1.29 is 9.59 Å². The van der Waals surface area contributed by atoms with Crippen molar-refractivity contribution in [2.75, 3.05) is 13.1 Å². The number of rotatable bonds is 1. The Morgan fingerprint density at radius 3 is 2.80 bits per heavy atom. The van der Waals surface area contributed by atoms with Crippen LogP contribution in [-0.4, -0.2) is 41.1 Å². The van der Waals surface area contributed by atoms with Crippen LogP contribution in [0.5, 0.6) is 0 Å². The molecule has 2 heterocycles. The van der Waals surface area contributed by atoms with Crippen LogP contribution < -0.4 is 5.32 Å². The van der Waals surface area contributed by atoms with Crippen molar-refractivity contribution in [1.29, 1.82) is 0 Å². The van der Waals surface area contributed by atoms with Crippen LogP contribution >= 0.6 is 12.6 Å². The molecule has 0 aromatic rings. The van der Waals surface area contributed by atoms with E-state index in [1.807, 2.05) is 0 Å². The Balaban J connectivity index is 2.07. The Labute approximate surface area is 94.8 Å². The number of carbonyl (C=O) groups is 2. The van der Waals surface area contributed by atoms with Crippen LogP contribution in [0.2, 0.25) is 0 Å². The SMILES string of the molecule is O=C1NCCCCC1N1CC(S)CC1=O. The smallest absolute Gasteiger partial charge is 0.242 e. The monoisotopic (exact) mass is 228 g/mol. The van der Waals surface area contributed by atoms with E-state index in [-0.39, 0.29) is 23.1 Å². The molecule has 0 bridgehead atoms. The fraction of sp³-hybridized carbons (Fsp3) is 0.800. The van der Waals surface area contributed by atoms with Gasteiger partial charge in [-0.05, 0) is 19.3 Å². The minimum Gasteiger partial charge on any atom is -0.354 e. The molecule has 2 aliphatic rings. The third kappa shape index (κ3) is 2.27. The first-order valence-corrected chi connectivity index (χ1v) is 5.95. The minimum absolute atomic E-state index is 0.00304. The predicted octanol–water partition coefficient (Wildman–Crippen LogP) is 0.186. The van der Waals surface area contributed by atoms with Crippen molar-refractivity contribution in [1.82, 2.24) is 10.2 Å². The molecule has 0 aliphatic carbocycles. The molecule has 5 heteroatoms. The summed E-state index contributed by atoms with van der Waals surface area (Å²) in [7, 11) is 0. The van der Waals surface area contributed by atoms with Gasteiger partial charge >= 0.3 is 0 Å². The first-order chi connectivity index (χ1) is 7.18. The first-order valence-electron chi connectivity index (χ1n) is 5.44. The molecule has 0 aromatic carbocycles. The summed E-state index contributed by atoms with van der Waals surface area (Å²) in [4.78, 5) is 25.1. The van der Waals surface area contributed by atoms with Gasteiger partial charge in [0.05, 0.1) is 0 Å². The van der Waals surface area contributed by atoms with Gasteiger partial charge in [-0.25, -0.2) is 0 Å². The zero-order valence-electron chi connectivity index (χ0n) is 8.61. The molecule has 2 aliphatic heterocycles. The van der Waals surface area contributed by atoms with Crippen LogP contribution in [0.15, 0.2) is 0 Å². The number of hydrogen-bond donors (Lipinski definition) is 2. The Kier molecular flexibility index (Phi) is 3.19. The van der Waals surface area contributed by atoms with Gasteiger partial charge in [0.1, 0.15) is 6.04 Å². The van der Waals surface area contributed by atoms with Crippen LogP contribution in [0.25, 0.3) is 0 Å². The molecular weight excluding hydrogens is 212 g/mol. The Morgan fingerprint density at radius 2 is 2.13 bits per heavy atom. The molecule has 2 amide bonds. The van der Waals surface area contributed by atoms with Crippen molar-refractivity contribution in [3.05, 3.63) is 0 Å². The van der Waals surface area contributed by atoms with Gasteiger partial charge in [-0.15, -0.1) is 0 Å². The number of nitrogens with zero attached hydrogens (tertiary/aromatic N) is 1. The molecule has 2 fully saturated rings. The van der Waals surface area contributed by atoms with E-state index in [0.29, 0.717) is 13.0 Å². The van der Waals surface area contributed by atoms with E-state index in [9.17, 15) is 9.59 Å². The summed E-state index contributed by atoms with van der Waals surface area (Å²) in [5.74, 6) is 0.0698. The average molecular weight is 228 g/mol. The van der Waals surface area contributed by atoms with Crippen LogP contribution in [0.1, 0.15) is 25.7 Å². The second kappa shape index (κ2) is 4.43. The predicted molar refractivity (Wildman–Crippen MR) is 59.8 cm³/mol. The fourth-order valence-electron chi connectivity index (χ4n) is 2.23. The third-order valence-electron chi connectivity index (χ3n) is 3.02. The highest BCUT2D eigenvalue weighted by atomic mass is 32.1. The Bertz CT molecular complexity index is 283. The summed E-state index contributed by atoms with van der Waals surface area (Å²) in [5, 5.41) is 2.94. The molecule has 2 saturated heterocycles. The van der Waals surface area contributed by atoms with E-state index in [2.05, 4.69) is 17.9 Å². The maximum atomic E-state index is 11.7. The highest BCUT2D eigenvalue weighted by Crippen LogP contribution is 2.22. The number of amides is 2. The molecule has 4 nitrogen and oxygen atoms in total. The topological polar surface area (TPSA) is 49.4 Å². The van der Waals surface area contributed by atoms with Crippen LogP contribution in [-0.2, 0) is 9.59 Å². The van der Waals surface area contributed by atoms with Gasteiger partial charge in [0.15, 0.2) is 0 Å². The highest BCUT2D eigenvalue weighted by Gasteiger charge is 2.36. The molecule has 2 atom stereocenters. The summed E-state index contributed by atoms with van der Waals surface area (Å²) < 4.78 is 0. The third-order valence-corrected chi connectivity index (χ3v) is 3.37. The number of carbonyl (C=O) groups excluding carboxylic acids is 2. The summed E-state index contributed by atoms with van der Waals surface area (Å²) in [5.41, 5.74) is 0. The van der Waals surface area contributed by atoms with Gasteiger partial charge in [-0.3, -0.25) is 9.59 Å². The van der Waals surface area contributed by atoms with Crippen molar-refractivity contribution in [3.63, 3.8) is 0 Å². The van der Waals surface area contributed by atoms with Crippen LogP contribution in [0.4, 0.5) is 0 Å². The van der Waals surface area contributed by atoms with Crippen LogP contribution in [0.3, 0.4) is 0 Å². The molecule has 15 heavy (non-hydrogen) atoms. The Morgan fingerprint density at radius 1 is 1.33 bits per heavy atom. The minimum atomic E-state index is -0.253. The molecule has 2 unspecified atom stereocenters. The first kappa shape index (κ1) is 10.8. The standard InChI is InChI=1S/C10H16N2O2S/c13-9-5-7(15)6-12(9)8-3-1-2-4-11-10(8)14/h7-8,15H,1-6H2,(H,11,14). The lowest BCUT2D eigenvalue weighted by atomic mass is 10.1. The normalized spacial score (nSPS) is 32.7. The summed E-state index contributed by atoms with van der Waals surface area (Å²) in [6.45, 7) is 1.35. The van der Waals surface area contributed by atoms with Gasteiger partial charge in [0, 0.05) is 24.8 Å². The van der Waals surface area contributed by atoms with Gasteiger partial charge in [-0.1, -0.05) is 0 Å². The largest absolute Gasteiger partial charge is 0.354 e. The summed E-state index contributed by atoms with van der Waals surface area (Å²) in [6.07, 6.45) is 3.27. The van der Waals surface area contributed by atoms with Crippen molar-refractivity contribution in [2.24, 2.45) is 0 Å². The van der Waals surface area contributed by atoms with E-state index in [1.54, 1.807) is 4.90 Å². The number of nitrogens with one attached hydrogen (secondary N) is 1. The molecule has 0 saturated carbocycles. The number of thiol groups is 1. The average Bonchev–Trinajstić information content (AvgIpc) is 2.39. The Hall–Kier alpha value is -0.710. The lowest BCUT2D eigenvalue weighted by Crippen LogP contribution is -2.46. The van der Waals surface area contributed by atoms with Gasteiger partial charge < -0.3 is 10.2 Å². The van der Waals surface area contributed by atoms with E-state index in [1.165, 1.54) is 0 Å². The summed E-state index contributed by atoms with van der Waals surface area (Å²) >= 11 is 4.29. The molecule has 1 N–H and O–H groups in total.